The van der Waals surface area contributed by atoms with Gasteiger partial charge in [0.1, 0.15) is 0 Å². The average molecular weight is 317 g/mol. The van der Waals surface area contributed by atoms with Gasteiger partial charge in [-0.15, -0.1) is 0 Å². The Labute approximate surface area is 136 Å². The topological polar surface area (TPSA) is 57.5 Å². The number of fused-ring (bicyclic) bond motifs is 1. The summed E-state index contributed by atoms with van der Waals surface area (Å²) in [6.45, 7) is 2.58. The molecule has 5 nitrogen and oxygen atoms in total. The summed E-state index contributed by atoms with van der Waals surface area (Å²) in [5, 5.41) is 0.843. The van der Waals surface area contributed by atoms with Gasteiger partial charge < -0.3 is 14.0 Å². The maximum atomic E-state index is 11.6. The van der Waals surface area contributed by atoms with Crippen LogP contribution in [0.5, 0.6) is 0 Å². The fourth-order valence-corrected chi connectivity index (χ4v) is 2.50. The van der Waals surface area contributed by atoms with Crippen LogP contribution in [-0.2, 0) is 16.2 Å². The van der Waals surface area contributed by atoms with Crippen molar-refractivity contribution in [1.82, 2.24) is 4.57 Å². The van der Waals surface area contributed by atoms with Gasteiger partial charge >= 0.3 is 6.16 Å². The zero-order valence-electron chi connectivity index (χ0n) is 13.5. The Bertz CT molecular complexity index is 648. The summed E-state index contributed by atoms with van der Waals surface area (Å²) < 4.78 is 11.9. The maximum absolute atomic E-state index is 11.6. The largest absolute Gasteiger partial charge is 0.510 e. The molecule has 0 bridgehead atoms. The summed E-state index contributed by atoms with van der Waals surface area (Å²) >= 11 is 0. The van der Waals surface area contributed by atoms with Gasteiger partial charge in [0.2, 0.25) is 0 Å². The number of para-hydroxylation sites is 1. The van der Waals surface area contributed by atoms with Crippen LogP contribution in [0.25, 0.3) is 10.9 Å². The Morgan fingerprint density at radius 1 is 1.13 bits per heavy atom. The SMILES string of the molecule is CCCCCCCOC(=O)OCn1cc(C=O)c2ccccc21. The number of rotatable bonds is 9. The molecule has 0 unspecified atom stereocenters. The van der Waals surface area contributed by atoms with Gasteiger partial charge in [-0.25, -0.2) is 4.79 Å². The summed E-state index contributed by atoms with van der Waals surface area (Å²) in [7, 11) is 0. The van der Waals surface area contributed by atoms with E-state index in [4.69, 9.17) is 9.47 Å². The minimum absolute atomic E-state index is 0.0308. The molecular formula is C18H23NO4. The first-order valence-corrected chi connectivity index (χ1v) is 8.09. The van der Waals surface area contributed by atoms with E-state index in [1.165, 1.54) is 19.3 Å². The highest BCUT2D eigenvalue weighted by molar-refractivity contribution is 5.97. The van der Waals surface area contributed by atoms with E-state index in [1.54, 1.807) is 10.8 Å². The molecule has 0 amide bonds. The van der Waals surface area contributed by atoms with Gasteiger partial charge in [0, 0.05) is 17.1 Å². The molecule has 0 aliphatic rings. The van der Waals surface area contributed by atoms with Crippen molar-refractivity contribution in [1.29, 1.82) is 0 Å². The number of carbonyl (C=O) groups is 2. The minimum Gasteiger partial charge on any atom is -0.434 e. The number of aromatic nitrogens is 1. The van der Waals surface area contributed by atoms with Crippen LogP contribution in [0.2, 0.25) is 0 Å². The fraction of sp³-hybridized carbons (Fsp3) is 0.444. The van der Waals surface area contributed by atoms with E-state index in [2.05, 4.69) is 6.92 Å². The summed E-state index contributed by atoms with van der Waals surface area (Å²) in [6, 6.07) is 7.49. The molecule has 1 aromatic carbocycles. The minimum atomic E-state index is -0.675. The lowest BCUT2D eigenvalue weighted by atomic mass is 10.2. The first kappa shape index (κ1) is 17.1. The first-order valence-electron chi connectivity index (χ1n) is 8.09. The second-order valence-corrected chi connectivity index (χ2v) is 5.48. The molecule has 124 valence electrons. The van der Waals surface area contributed by atoms with E-state index in [-0.39, 0.29) is 6.73 Å². The summed E-state index contributed by atoms with van der Waals surface area (Å²) in [6.07, 6.45) is 7.29. The highest BCUT2D eigenvalue weighted by Gasteiger charge is 2.09. The number of ether oxygens (including phenoxy) is 2. The summed E-state index contributed by atoms with van der Waals surface area (Å²) in [5.41, 5.74) is 1.43. The van der Waals surface area contributed by atoms with Crippen molar-refractivity contribution in [2.75, 3.05) is 6.61 Å². The van der Waals surface area contributed by atoms with Crippen LogP contribution < -0.4 is 0 Å². The first-order chi connectivity index (χ1) is 11.3. The van der Waals surface area contributed by atoms with E-state index in [9.17, 15) is 9.59 Å². The Morgan fingerprint density at radius 3 is 2.70 bits per heavy atom. The molecule has 0 atom stereocenters. The lowest BCUT2D eigenvalue weighted by Crippen LogP contribution is -2.11. The number of benzene rings is 1. The van der Waals surface area contributed by atoms with Crippen molar-refractivity contribution in [2.45, 2.75) is 45.8 Å². The Hall–Kier alpha value is -2.30. The lowest BCUT2D eigenvalue weighted by Gasteiger charge is -2.08. The Balaban J connectivity index is 1.79. The number of unbranched alkanes of at least 4 members (excludes halogenated alkanes) is 4. The van der Waals surface area contributed by atoms with Gasteiger partial charge in [-0.2, -0.15) is 0 Å². The quantitative estimate of drug-likeness (QED) is 0.387. The number of hydrogen-bond donors (Lipinski definition) is 0. The number of hydrogen-bond acceptors (Lipinski definition) is 4. The molecule has 0 saturated heterocycles. The predicted molar refractivity (Wildman–Crippen MR) is 88.5 cm³/mol. The predicted octanol–water partition coefficient (Wildman–Crippen LogP) is 4.53. The van der Waals surface area contributed by atoms with Crippen molar-refractivity contribution in [3.8, 4) is 0 Å². The zero-order valence-corrected chi connectivity index (χ0v) is 13.5. The smallest absolute Gasteiger partial charge is 0.434 e. The molecule has 2 aromatic rings. The Morgan fingerprint density at radius 2 is 1.91 bits per heavy atom. The highest BCUT2D eigenvalue weighted by atomic mass is 16.7. The van der Waals surface area contributed by atoms with Crippen molar-refractivity contribution in [3.63, 3.8) is 0 Å². The van der Waals surface area contributed by atoms with E-state index in [0.29, 0.717) is 12.2 Å². The molecular weight excluding hydrogens is 294 g/mol. The molecule has 0 spiro atoms. The van der Waals surface area contributed by atoms with Crippen molar-refractivity contribution in [2.24, 2.45) is 0 Å². The molecule has 23 heavy (non-hydrogen) atoms. The van der Waals surface area contributed by atoms with Gasteiger partial charge in [-0.3, -0.25) is 4.79 Å². The standard InChI is InChI=1S/C18H23NO4/c1-2-3-4-5-8-11-22-18(21)23-14-19-12-15(13-20)16-9-6-7-10-17(16)19/h6-7,9-10,12-13H,2-5,8,11,14H2,1H3. The van der Waals surface area contributed by atoms with Crippen LogP contribution in [-0.4, -0.2) is 23.6 Å². The normalized spacial score (nSPS) is 10.7. The monoisotopic (exact) mass is 317 g/mol. The summed E-state index contributed by atoms with van der Waals surface area (Å²) in [5.74, 6) is 0. The molecule has 1 heterocycles. The third kappa shape index (κ3) is 4.84. The van der Waals surface area contributed by atoms with E-state index in [1.807, 2.05) is 24.3 Å². The molecule has 5 heteroatoms. The van der Waals surface area contributed by atoms with Crippen LogP contribution in [0.1, 0.15) is 49.4 Å². The molecule has 0 fully saturated rings. The lowest BCUT2D eigenvalue weighted by molar-refractivity contribution is 0.0340. The molecule has 0 aliphatic carbocycles. The van der Waals surface area contributed by atoms with E-state index < -0.39 is 6.16 Å². The van der Waals surface area contributed by atoms with Crippen LogP contribution in [0.15, 0.2) is 30.5 Å². The number of nitrogens with zero attached hydrogens (tertiary/aromatic N) is 1. The summed E-state index contributed by atoms with van der Waals surface area (Å²) in [4.78, 5) is 22.7. The fourth-order valence-electron chi connectivity index (χ4n) is 2.50. The van der Waals surface area contributed by atoms with Crippen molar-refractivity contribution in [3.05, 3.63) is 36.0 Å². The van der Waals surface area contributed by atoms with Gasteiger partial charge in [-0.1, -0.05) is 50.8 Å². The van der Waals surface area contributed by atoms with Gasteiger partial charge in [-0.05, 0) is 12.5 Å². The van der Waals surface area contributed by atoms with E-state index >= 15 is 0 Å². The highest BCUT2D eigenvalue weighted by Crippen LogP contribution is 2.19. The maximum Gasteiger partial charge on any atom is 0.510 e. The molecule has 1 aromatic heterocycles. The second-order valence-electron chi connectivity index (χ2n) is 5.48. The van der Waals surface area contributed by atoms with Gasteiger partial charge in [0.25, 0.3) is 0 Å². The van der Waals surface area contributed by atoms with Crippen molar-refractivity contribution >= 4 is 23.3 Å². The van der Waals surface area contributed by atoms with Gasteiger partial charge in [0.05, 0.1) is 12.1 Å². The van der Waals surface area contributed by atoms with Crippen LogP contribution in [0.3, 0.4) is 0 Å². The molecule has 0 saturated carbocycles. The molecule has 0 radical (unpaired) electrons. The molecule has 0 aliphatic heterocycles. The third-order valence-corrected chi connectivity index (χ3v) is 3.74. The number of aldehydes is 1. The second kappa shape index (κ2) is 8.98. The van der Waals surface area contributed by atoms with E-state index in [0.717, 1.165) is 30.0 Å². The average Bonchev–Trinajstić information content (AvgIpc) is 2.94. The molecule has 2 rings (SSSR count). The van der Waals surface area contributed by atoms with Crippen LogP contribution in [0, 0.1) is 0 Å². The van der Waals surface area contributed by atoms with Crippen molar-refractivity contribution < 1.29 is 19.1 Å². The van der Waals surface area contributed by atoms with Crippen LogP contribution >= 0.6 is 0 Å². The zero-order chi connectivity index (χ0) is 16.5. The van der Waals surface area contributed by atoms with Gasteiger partial charge in [0.15, 0.2) is 13.0 Å². The third-order valence-electron chi connectivity index (χ3n) is 3.74. The van der Waals surface area contributed by atoms with Crippen LogP contribution in [0.4, 0.5) is 4.79 Å². The molecule has 0 N–H and O–H groups in total. The Kier molecular flexibility index (Phi) is 6.66. The number of carbonyl (C=O) groups excluding carboxylic acids is 2.